The van der Waals surface area contributed by atoms with E-state index in [1.165, 1.54) is 5.56 Å². The van der Waals surface area contributed by atoms with Gasteiger partial charge in [-0.15, -0.1) is 0 Å². The van der Waals surface area contributed by atoms with Gasteiger partial charge in [-0.3, -0.25) is 9.59 Å². The average molecular weight is 357 g/mol. The van der Waals surface area contributed by atoms with Crippen molar-refractivity contribution in [1.29, 1.82) is 0 Å². The minimum absolute atomic E-state index is 0.113. The van der Waals surface area contributed by atoms with Crippen LogP contribution in [0, 0.1) is 23.7 Å². The smallest absolute Gasteiger partial charge is 0.223 e. The SMILES string of the molecule is CCC(CC)C(=O)NC[C@H]1[C@@H]2CC(=O)N(Cc3ccccc3)[C@@H]2C[C@@H]1C. The number of rotatable bonds is 7. The van der Waals surface area contributed by atoms with E-state index in [0.29, 0.717) is 43.3 Å². The zero-order chi connectivity index (χ0) is 18.7. The number of hydrogen-bond donors (Lipinski definition) is 1. The van der Waals surface area contributed by atoms with Crippen LogP contribution in [0.2, 0.25) is 0 Å². The molecule has 1 saturated heterocycles. The lowest BCUT2D eigenvalue weighted by atomic mass is 9.88. The van der Waals surface area contributed by atoms with E-state index < -0.39 is 0 Å². The average Bonchev–Trinajstić information content (AvgIpc) is 3.10. The number of fused-ring (bicyclic) bond motifs is 1. The first-order valence-electron chi connectivity index (χ1n) is 10.2. The zero-order valence-corrected chi connectivity index (χ0v) is 16.3. The topological polar surface area (TPSA) is 49.4 Å². The van der Waals surface area contributed by atoms with Crippen LogP contribution in [0.5, 0.6) is 0 Å². The molecule has 1 aromatic carbocycles. The summed E-state index contributed by atoms with van der Waals surface area (Å²) in [4.78, 5) is 27.0. The molecule has 2 fully saturated rings. The minimum Gasteiger partial charge on any atom is -0.356 e. The molecule has 0 spiro atoms. The predicted octanol–water partition coefficient (Wildman–Crippen LogP) is 3.61. The maximum absolute atomic E-state index is 12.6. The summed E-state index contributed by atoms with van der Waals surface area (Å²) in [5.74, 6) is 1.88. The Morgan fingerprint density at radius 1 is 1.23 bits per heavy atom. The second kappa shape index (κ2) is 8.24. The molecular formula is C22H32N2O2. The van der Waals surface area contributed by atoms with Crippen molar-refractivity contribution < 1.29 is 9.59 Å². The summed E-state index contributed by atoms with van der Waals surface area (Å²) in [6, 6.07) is 10.6. The van der Waals surface area contributed by atoms with Gasteiger partial charge in [0.05, 0.1) is 0 Å². The molecule has 0 aromatic heterocycles. The number of nitrogens with zero attached hydrogens (tertiary/aromatic N) is 1. The lowest BCUT2D eigenvalue weighted by Gasteiger charge is -2.25. The number of amides is 2. The molecule has 0 unspecified atom stereocenters. The standard InChI is InChI=1S/C22H32N2O2/c1-4-17(5-2)22(26)23-13-19-15(3)11-20-18(19)12-21(25)24(20)14-16-9-7-6-8-10-16/h6-10,15,17-20H,4-5,11-14H2,1-3H3,(H,23,26)/t15-,18-,19+,20+/m0/s1. The first-order chi connectivity index (χ1) is 12.5. The Bertz CT molecular complexity index is 626. The third-order valence-corrected chi connectivity index (χ3v) is 6.58. The Labute approximate surface area is 157 Å². The third-order valence-electron chi connectivity index (χ3n) is 6.58. The van der Waals surface area contributed by atoms with E-state index in [1.54, 1.807) is 0 Å². The molecule has 3 rings (SSSR count). The van der Waals surface area contributed by atoms with Gasteiger partial charge in [0.2, 0.25) is 11.8 Å². The number of carbonyl (C=O) groups is 2. The molecule has 1 N–H and O–H groups in total. The van der Waals surface area contributed by atoms with Crippen molar-refractivity contribution in [3.63, 3.8) is 0 Å². The number of benzene rings is 1. The number of carbonyl (C=O) groups excluding carboxylic acids is 2. The Hall–Kier alpha value is -1.84. The molecule has 1 aromatic rings. The summed E-state index contributed by atoms with van der Waals surface area (Å²) < 4.78 is 0. The van der Waals surface area contributed by atoms with Crippen molar-refractivity contribution >= 4 is 11.8 Å². The van der Waals surface area contributed by atoms with E-state index >= 15 is 0 Å². The van der Waals surface area contributed by atoms with Gasteiger partial charge >= 0.3 is 0 Å². The lowest BCUT2D eigenvalue weighted by molar-refractivity contribution is -0.129. The maximum Gasteiger partial charge on any atom is 0.223 e. The molecule has 4 atom stereocenters. The van der Waals surface area contributed by atoms with Gasteiger partial charge in [-0.05, 0) is 42.6 Å². The zero-order valence-electron chi connectivity index (χ0n) is 16.3. The highest BCUT2D eigenvalue weighted by molar-refractivity contribution is 5.80. The highest BCUT2D eigenvalue weighted by Crippen LogP contribution is 2.46. The Morgan fingerprint density at radius 3 is 2.58 bits per heavy atom. The lowest BCUT2D eigenvalue weighted by Crippen LogP contribution is -2.37. The molecule has 4 heteroatoms. The first-order valence-corrected chi connectivity index (χ1v) is 10.2. The van der Waals surface area contributed by atoms with Crippen molar-refractivity contribution in [2.75, 3.05) is 6.54 Å². The summed E-state index contributed by atoms with van der Waals surface area (Å²) >= 11 is 0. The van der Waals surface area contributed by atoms with Gasteiger partial charge < -0.3 is 10.2 Å². The normalized spacial score (nSPS) is 27.8. The molecule has 1 heterocycles. The highest BCUT2D eigenvalue weighted by Gasteiger charge is 2.50. The Morgan fingerprint density at radius 2 is 1.92 bits per heavy atom. The Kier molecular flexibility index (Phi) is 6.00. The monoisotopic (exact) mass is 356 g/mol. The molecule has 4 nitrogen and oxygen atoms in total. The van der Waals surface area contributed by atoms with Gasteiger partial charge in [0, 0.05) is 31.5 Å². The largest absolute Gasteiger partial charge is 0.356 e. The molecule has 1 aliphatic carbocycles. The second-order valence-electron chi connectivity index (χ2n) is 8.08. The van der Waals surface area contributed by atoms with Gasteiger partial charge in [0.15, 0.2) is 0 Å². The summed E-state index contributed by atoms with van der Waals surface area (Å²) in [5, 5.41) is 3.18. The van der Waals surface area contributed by atoms with E-state index in [4.69, 9.17) is 0 Å². The fraction of sp³-hybridized carbons (Fsp3) is 0.636. The first kappa shape index (κ1) is 18.9. The van der Waals surface area contributed by atoms with Crippen LogP contribution < -0.4 is 5.32 Å². The summed E-state index contributed by atoms with van der Waals surface area (Å²) in [5.41, 5.74) is 1.19. The molecule has 0 radical (unpaired) electrons. The van der Waals surface area contributed by atoms with Crippen LogP contribution in [0.15, 0.2) is 30.3 Å². The van der Waals surface area contributed by atoms with E-state index in [1.807, 2.05) is 18.2 Å². The molecule has 0 bridgehead atoms. The van der Waals surface area contributed by atoms with Crippen LogP contribution in [0.3, 0.4) is 0 Å². The second-order valence-corrected chi connectivity index (χ2v) is 8.08. The van der Waals surface area contributed by atoms with Crippen LogP contribution in [-0.4, -0.2) is 29.3 Å². The summed E-state index contributed by atoms with van der Waals surface area (Å²) in [6.45, 7) is 7.83. The van der Waals surface area contributed by atoms with E-state index in [0.717, 1.165) is 19.3 Å². The maximum atomic E-state index is 12.6. The van der Waals surface area contributed by atoms with Crippen LogP contribution >= 0.6 is 0 Å². The van der Waals surface area contributed by atoms with Gasteiger partial charge in [0.25, 0.3) is 0 Å². The summed E-state index contributed by atoms with van der Waals surface area (Å²) in [7, 11) is 0. The number of nitrogens with one attached hydrogen (secondary N) is 1. The molecular weight excluding hydrogens is 324 g/mol. The van der Waals surface area contributed by atoms with E-state index in [9.17, 15) is 9.59 Å². The van der Waals surface area contributed by atoms with Crippen molar-refractivity contribution in [2.24, 2.45) is 23.7 Å². The van der Waals surface area contributed by atoms with Crippen LogP contribution in [0.4, 0.5) is 0 Å². The Balaban J connectivity index is 1.63. The van der Waals surface area contributed by atoms with Gasteiger partial charge in [-0.25, -0.2) is 0 Å². The van der Waals surface area contributed by atoms with Crippen molar-refractivity contribution in [2.45, 2.75) is 59.0 Å². The number of hydrogen-bond acceptors (Lipinski definition) is 2. The van der Waals surface area contributed by atoms with Gasteiger partial charge in [-0.2, -0.15) is 0 Å². The molecule has 2 amide bonds. The number of likely N-dealkylation sites (tertiary alicyclic amines) is 1. The van der Waals surface area contributed by atoms with Gasteiger partial charge in [-0.1, -0.05) is 51.1 Å². The van der Waals surface area contributed by atoms with Crippen LogP contribution in [-0.2, 0) is 16.1 Å². The van der Waals surface area contributed by atoms with E-state index in [-0.39, 0.29) is 17.7 Å². The quantitative estimate of drug-likeness (QED) is 0.811. The summed E-state index contributed by atoms with van der Waals surface area (Å²) in [6.07, 6.45) is 3.46. The van der Waals surface area contributed by atoms with Crippen molar-refractivity contribution in [3.05, 3.63) is 35.9 Å². The molecule has 142 valence electrons. The molecule has 2 aliphatic rings. The van der Waals surface area contributed by atoms with E-state index in [2.05, 4.69) is 43.1 Å². The third kappa shape index (κ3) is 3.79. The van der Waals surface area contributed by atoms with Crippen molar-refractivity contribution in [1.82, 2.24) is 10.2 Å². The minimum atomic E-state index is 0.113. The molecule has 26 heavy (non-hydrogen) atoms. The van der Waals surface area contributed by atoms with Gasteiger partial charge in [0.1, 0.15) is 0 Å². The molecule has 1 aliphatic heterocycles. The van der Waals surface area contributed by atoms with Crippen LogP contribution in [0.1, 0.15) is 52.0 Å². The fourth-order valence-corrected chi connectivity index (χ4v) is 4.95. The predicted molar refractivity (Wildman–Crippen MR) is 103 cm³/mol. The van der Waals surface area contributed by atoms with Crippen LogP contribution in [0.25, 0.3) is 0 Å². The molecule has 1 saturated carbocycles. The van der Waals surface area contributed by atoms with Crippen molar-refractivity contribution in [3.8, 4) is 0 Å². The highest BCUT2D eigenvalue weighted by atomic mass is 16.2. The fourth-order valence-electron chi connectivity index (χ4n) is 4.95.